The summed E-state index contributed by atoms with van der Waals surface area (Å²) in [5.41, 5.74) is 2.84. The Morgan fingerprint density at radius 2 is 2.12 bits per heavy atom. The molecule has 4 heteroatoms. The van der Waals surface area contributed by atoms with Crippen molar-refractivity contribution in [2.24, 2.45) is 0 Å². The van der Waals surface area contributed by atoms with Crippen molar-refractivity contribution in [3.8, 4) is 0 Å². The van der Waals surface area contributed by atoms with Crippen LogP contribution < -0.4 is 4.99 Å². The Bertz CT molecular complexity index is 590. The Balaban J connectivity index is 2.11. The molecule has 3 nitrogen and oxygen atoms in total. The highest BCUT2D eigenvalue weighted by atomic mass is 32.2. The van der Waals surface area contributed by atoms with Crippen molar-refractivity contribution >= 4 is 34.6 Å². The summed E-state index contributed by atoms with van der Waals surface area (Å²) in [4.78, 5) is 3.21. The minimum atomic E-state index is 0.891. The zero-order valence-electron chi connectivity index (χ0n) is 8.55. The molecule has 2 heterocycles. The monoisotopic (exact) mass is 228 g/mol. The van der Waals surface area contributed by atoms with Crippen molar-refractivity contribution in [3.63, 3.8) is 0 Å². The van der Waals surface area contributed by atoms with E-state index in [0.717, 1.165) is 28.0 Å². The number of nitrogens with one attached hydrogen (secondary N) is 1. The summed E-state index contributed by atoms with van der Waals surface area (Å²) in [5.74, 6) is 0.991. The van der Waals surface area contributed by atoms with Crippen LogP contribution in [0, 0.1) is 0 Å². The maximum atomic E-state index is 4.22. The minimum absolute atomic E-state index is 0.891. The molecule has 1 aliphatic rings. The smallest absolute Gasteiger partial charge is 0.212 e. The van der Waals surface area contributed by atoms with Crippen LogP contribution in [0.1, 0.15) is 5.69 Å². The lowest BCUT2D eigenvalue weighted by molar-refractivity contribution is -0.338. The summed E-state index contributed by atoms with van der Waals surface area (Å²) in [6, 6.07) is 10.1. The number of hydrogen-bond donors (Lipinski definition) is 1. The minimum Gasteiger partial charge on any atom is -0.212 e. The molecule has 0 spiro atoms. The number of aromatic nitrogens is 2. The number of thioether (sulfide) groups is 1. The highest BCUT2D eigenvalue weighted by Gasteiger charge is 2.11. The van der Waals surface area contributed by atoms with Gasteiger partial charge in [0.25, 0.3) is 0 Å². The quantitative estimate of drug-likeness (QED) is 0.785. The molecular weight excluding hydrogens is 218 g/mol. The lowest BCUT2D eigenvalue weighted by atomic mass is 10.2. The van der Waals surface area contributed by atoms with Gasteiger partial charge in [0, 0.05) is 10.8 Å². The van der Waals surface area contributed by atoms with Gasteiger partial charge in [-0.1, -0.05) is 18.2 Å². The molecule has 0 saturated carbocycles. The van der Waals surface area contributed by atoms with Gasteiger partial charge in [-0.3, -0.25) is 0 Å². The van der Waals surface area contributed by atoms with Crippen molar-refractivity contribution in [2.45, 2.75) is 0 Å². The highest BCUT2D eigenvalue weighted by molar-refractivity contribution is 8.02. The second-order valence-electron chi connectivity index (χ2n) is 3.50. The van der Waals surface area contributed by atoms with E-state index in [2.05, 4.69) is 26.7 Å². The molecule has 0 radical (unpaired) electrons. The van der Waals surface area contributed by atoms with Gasteiger partial charge in [0.1, 0.15) is 0 Å². The third kappa shape index (κ3) is 1.72. The lowest BCUT2D eigenvalue weighted by Crippen LogP contribution is -2.66. The van der Waals surface area contributed by atoms with E-state index < -0.39 is 0 Å². The number of fused-ring (bicyclic) bond motifs is 1. The summed E-state index contributed by atoms with van der Waals surface area (Å²) in [7, 11) is 0. The molecule has 78 valence electrons. The number of benzene rings is 1. The Morgan fingerprint density at radius 1 is 1.19 bits per heavy atom. The molecule has 2 aromatic rings. The van der Waals surface area contributed by atoms with Crippen LogP contribution in [0.5, 0.6) is 0 Å². The third-order valence-corrected chi connectivity index (χ3v) is 3.17. The molecule has 0 unspecified atom stereocenters. The molecule has 0 amide bonds. The first-order chi connectivity index (χ1) is 7.93. The summed E-state index contributed by atoms with van der Waals surface area (Å²) in [6.45, 7) is 0. The van der Waals surface area contributed by atoms with Gasteiger partial charge in [-0.25, -0.2) is 4.99 Å². The van der Waals surface area contributed by atoms with E-state index >= 15 is 0 Å². The van der Waals surface area contributed by atoms with Gasteiger partial charge >= 0.3 is 0 Å². The average molecular weight is 228 g/mol. The average Bonchev–Trinajstić information content (AvgIpc) is 2.39. The summed E-state index contributed by atoms with van der Waals surface area (Å²) >= 11 is 1.76. The van der Waals surface area contributed by atoms with Crippen LogP contribution in [-0.4, -0.2) is 22.2 Å². The van der Waals surface area contributed by atoms with Crippen molar-refractivity contribution in [3.05, 3.63) is 41.4 Å². The van der Waals surface area contributed by atoms with Crippen LogP contribution >= 0.6 is 11.8 Å². The zero-order chi connectivity index (χ0) is 10.8. The lowest BCUT2D eigenvalue weighted by Gasteiger charge is -2.00. The summed E-state index contributed by atoms with van der Waals surface area (Å²) in [6.07, 6.45) is 2.02. The number of nitrogens with zero attached hydrogens (tertiary/aromatic N) is 2. The van der Waals surface area contributed by atoms with Crippen LogP contribution in [0.3, 0.4) is 0 Å². The number of rotatable bonds is 1. The molecule has 1 aromatic heterocycles. The van der Waals surface area contributed by atoms with Crippen LogP contribution in [0.25, 0.3) is 16.6 Å². The van der Waals surface area contributed by atoms with E-state index in [1.807, 2.05) is 30.5 Å². The fourth-order valence-corrected chi connectivity index (χ4v) is 2.25. The maximum Gasteiger partial charge on any atom is 0.237 e. The molecule has 0 saturated heterocycles. The Kier molecular flexibility index (Phi) is 2.42. The van der Waals surface area contributed by atoms with E-state index in [4.69, 9.17) is 0 Å². The Hall–Kier alpha value is -1.68. The molecule has 0 aliphatic carbocycles. The normalized spacial score (nSPS) is 15.1. The topological polar surface area (TPSA) is 39.8 Å². The van der Waals surface area contributed by atoms with Gasteiger partial charge in [-0.05, 0) is 12.1 Å². The van der Waals surface area contributed by atoms with Gasteiger partial charge in [0.2, 0.25) is 5.70 Å². The van der Waals surface area contributed by atoms with Gasteiger partial charge in [-0.2, -0.15) is 0 Å². The second-order valence-corrected chi connectivity index (χ2v) is 4.40. The fraction of sp³-hybridized carbons (Fsp3) is 0.0833. The molecule has 0 fully saturated rings. The van der Waals surface area contributed by atoms with E-state index in [1.54, 1.807) is 11.8 Å². The first-order valence-electron chi connectivity index (χ1n) is 5.06. The maximum absolute atomic E-state index is 4.22. The molecule has 1 aromatic carbocycles. The van der Waals surface area contributed by atoms with Crippen molar-refractivity contribution < 1.29 is 4.99 Å². The second kappa shape index (κ2) is 4.06. The predicted octanol–water partition coefficient (Wildman–Crippen LogP) is 0.826. The van der Waals surface area contributed by atoms with E-state index in [9.17, 15) is 0 Å². The summed E-state index contributed by atoms with van der Waals surface area (Å²) < 4.78 is 0. The van der Waals surface area contributed by atoms with Crippen LogP contribution in [0.4, 0.5) is 0 Å². The van der Waals surface area contributed by atoms with Crippen LogP contribution in [0.15, 0.2) is 35.7 Å². The molecule has 1 aliphatic heterocycles. The van der Waals surface area contributed by atoms with Gasteiger partial charge in [0.05, 0.1) is 11.3 Å². The molecule has 0 bridgehead atoms. The van der Waals surface area contributed by atoms with Crippen LogP contribution in [0.2, 0.25) is 0 Å². The van der Waals surface area contributed by atoms with Gasteiger partial charge < -0.3 is 0 Å². The third-order valence-electron chi connectivity index (χ3n) is 2.41. The van der Waals surface area contributed by atoms with Crippen molar-refractivity contribution in [1.82, 2.24) is 10.2 Å². The summed E-state index contributed by atoms with van der Waals surface area (Å²) in [5, 5.41) is 11.6. The highest BCUT2D eigenvalue weighted by Crippen LogP contribution is 2.16. The molecule has 3 rings (SSSR count). The van der Waals surface area contributed by atoms with Crippen molar-refractivity contribution in [1.29, 1.82) is 0 Å². The first-order valence-corrected chi connectivity index (χ1v) is 6.11. The number of hydrogen-bond acceptors (Lipinski definition) is 3. The standard InChI is InChI=1S/C12H9N3S/c1-2-4-10-9(3-1)7-11(15-14-10)12-8-16-6-5-13-12/h1-5,7-8H,6H2/p+1. The Labute approximate surface area is 97.3 Å². The molecular formula is C12H10N3S+. The largest absolute Gasteiger partial charge is 0.237 e. The zero-order valence-corrected chi connectivity index (χ0v) is 9.37. The first kappa shape index (κ1) is 9.54. The van der Waals surface area contributed by atoms with Gasteiger partial charge in [0.15, 0.2) is 11.9 Å². The van der Waals surface area contributed by atoms with Crippen molar-refractivity contribution in [2.75, 3.05) is 5.75 Å². The SMILES string of the molecule is C1=[NH+]C(c2cc3ccccc3nn2)=CSC1. The van der Waals surface area contributed by atoms with E-state index in [0.29, 0.717) is 0 Å². The van der Waals surface area contributed by atoms with E-state index in [-0.39, 0.29) is 0 Å². The Morgan fingerprint density at radius 3 is 3.00 bits per heavy atom. The molecule has 0 atom stereocenters. The molecule has 16 heavy (non-hydrogen) atoms. The predicted molar refractivity (Wildman–Crippen MR) is 67.0 cm³/mol. The van der Waals surface area contributed by atoms with E-state index in [1.165, 1.54) is 0 Å². The fourth-order valence-electron chi connectivity index (χ4n) is 1.62. The van der Waals surface area contributed by atoms with Gasteiger partial charge in [-0.15, -0.1) is 22.0 Å². The van der Waals surface area contributed by atoms with Crippen LogP contribution in [-0.2, 0) is 0 Å². The molecule has 1 N–H and O–H groups in total.